The number of nitrogens with two attached hydrogens (primary N) is 1. The molecule has 1 aromatic carbocycles. The summed E-state index contributed by atoms with van der Waals surface area (Å²) >= 11 is 5.81. The van der Waals surface area contributed by atoms with Crippen molar-refractivity contribution in [1.29, 1.82) is 0 Å². The molecule has 1 rings (SSSR count). The molecule has 0 aliphatic heterocycles. The van der Waals surface area contributed by atoms with Crippen LogP contribution in [0.5, 0.6) is 0 Å². The Balaban J connectivity index is 2.50. The SMILES string of the molecule is C=CCCC(Cc1ccc(Cl)cc1)NN. The first-order chi connectivity index (χ1) is 7.26. The van der Waals surface area contributed by atoms with Crippen LogP contribution < -0.4 is 11.3 Å². The molecule has 0 bridgehead atoms. The molecule has 1 atom stereocenters. The van der Waals surface area contributed by atoms with E-state index >= 15 is 0 Å². The van der Waals surface area contributed by atoms with Gasteiger partial charge in [-0.15, -0.1) is 6.58 Å². The first-order valence-corrected chi connectivity index (χ1v) is 5.45. The molecule has 0 aliphatic rings. The monoisotopic (exact) mass is 224 g/mol. The van der Waals surface area contributed by atoms with Crippen molar-refractivity contribution in [2.75, 3.05) is 0 Å². The van der Waals surface area contributed by atoms with Gasteiger partial charge in [0.15, 0.2) is 0 Å². The molecule has 0 heterocycles. The van der Waals surface area contributed by atoms with E-state index in [4.69, 9.17) is 17.4 Å². The Morgan fingerprint density at radius 2 is 2.07 bits per heavy atom. The summed E-state index contributed by atoms with van der Waals surface area (Å²) in [6.07, 6.45) is 4.80. The van der Waals surface area contributed by atoms with Crippen molar-refractivity contribution < 1.29 is 0 Å². The van der Waals surface area contributed by atoms with Crippen LogP contribution >= 0.6 is 11.6 Å². The molecular formula is C12H17ClN2. The first-order valence-electron chi connectivity index (χ1n) is 5.07. The molecule has 0 aromatic heterocycles. The van der Waals surface area contributed by atoms with Crippen LogP contribution in [0.3, 0.4) is 0 Å². The van der Waals surface area contributed by atoms with Gasteiger partial charge in [0, 0.05) is 11.1 Å². The van der Waals surface area contributed by atoms with Crippen molar-refractivity contribution in [3.8, 4) is 0 Å². The Hall–Kier alpha value is -0.830. The van der Waals surface area contributed by atoms with Crippen LogP contribution in [0.4, 0.5) is 0 Å². The summed E-state index contributed by atoms with van der Waals surface area (Å²) in [4.78, 5) is 0. The second-order valence-electron chi connectivity index (χ2n) is 3.56. The van der Waals surface area contributed by atoms with Gasteiger partial charge < -0.3 is 0 Å². The predicted octanol–water partition coefficient (Wildman–Crippen LogP) is 2.68. The Bertz CT molecular complexity index is 295. The van der Waals surface area contributed by atoms with E-state index in [2.05, 4.69) is 12.0 Å². The van der Waals surface area contributed by atoms with Crippen LogP contribution in [0.2, 0.25) is 5.02 Å². The quantitative estimate of drug-likeness (QED) is 0.443. The Kier molecular flexibility index (Phi) is 5.40. The fourth-order valence-corrected chi connectivity index (χ4v) is 1.59. The average molecular weight is 225 g/mol. The van der Waals surface area contributed by atoms with Gasteiger partial charge >= 0.3 is 0 Å². The van der Waals surface area contributed by atoms with Gasteiger partial charge in [0.1, 0.15) is 0 Å². The number of hydrogen-bond acceptors (Lipinski definition) is 2. The second-order valence-corrected chi connectivity index (χ2v) is 4.00. The summed E-state index contributed by atoms with van der Waals surface area (Å²) < 4.78 is 0. The summed E-state index contributed by atoms with van der Waals surface area (Å²) in [5, 5.41) is 0.766. The average Bonchev–Trinajstić information content (AvgIpc) is 2.27. The van der Waals surface area contributed by atoms with Gasteiger partial charge in [0.25, 0.3) is 0 Å². The number of hydrogen-bond donors (Lipinski definition) is 2. The number of allylic oxidation sites excluding steroid dienone is 1. The molecule has 0 radical (unpaired) electrons. The lowest BCUT2D eigenvalue weighted by atomic mass is 10.0. The molecule has 0 saturated carbocycles. The van der Waals surface area contributed by atoms with Crippen LogP contribution in [0.1, 0.15) is 18.4 Å². The highest BCUT2D eigenvalue weighted by Crippen LogP contribution is 2.12. The van der Waals surface area contributed by atoms with Gasteiger partial charge in [-0.3, -0.25) is 11.3 Å². The minimum Gasteiger partial charge on any atom is -0.271 e. The highest BCUT2D eigenvalue weighted by atomic mass is 35.5. The molecular weight excluding hydrogens is 208 g/mol. The Morgan fingerprint density at radius 3 is 2.60 bits per heavy atom. The van der Waals surface area contributed by atoms with Crippen molar-refractivity contribution in [3.05, 3.63) is 47.5 Å². The molecule has 15 heavy (non-hydrogen) atoms. The maximum atomic E-state index is 5.81. The van der Waals surface area contributed by atoms with Crippen molar-refractivity contribution >= 4 is 11.6 Å². The zero-order chi connectivity index (χ0) is 11.1. The molecule has 3 N–H and O–H groups in total. The van der Waals surface area contributed by atoms with Crippen molar-refractivity contribution in [2.45, 2.75) is 25.3 Å². The fourth-order valence-electron chi connectivity index (χ4n) is 1.47. The zero-order valence-electron chi connectivity index (χ0n) is 8.75. The molecule has 2 nitrogen and oxygen atoms in total. The number of nitrogens with one attached hydrogen (secondary N) is 1. The van der Waals surface area contributed by atoms with E-state index < -0.39 is 0 Å². The number of halogens is 1. The van der Waals surface area contributed by atoms with E-state index in [1.54, 1.807) is 0 Å². The molecule has 1 unspecified atom stereocenters. The van der Waals surface area contributed by atoms with Crippen molar-refractivity contribution in [1.82, 2.24) is 5.43 Å². The van der Waals surface area contributed by atoms with Crippen molar-refractivity contribution in [2.24, 2.45) is 5.84 Å². The van der Waals surface area contributed by atoms with Gasteiger partial charge in [-0.25, -0.2) is 0 Å². The standard InChI is InChI=1S/C12H17ClN2/c1-2-3-4-12(15-14)9-10-5-7-11(13)8-6-10/h2,5-8,12,15H,1,3-4,9,14H2. The third kappa shape index (κ3) is 4.47. The highest BCUT2D eigenvalue weighted by Gasteiger charge is 2.06. The molecule has 0 spiro atoms. The normalized spacial score (nSPS) is 12.4. The molecule has 0 amide bonds. The third-order valence-electron chi connectivity index (χ3n) is 2.35. The molecule has 0 fully saturated rings. The summed E-state index contributed by atoms with van der Waals surface area (Å²) in [7, 11) is 0. The lowest BCUT2D eigenvalue weighted by Crippen LogP contribution is -2.36. The molecule has 1 aromatic rings. The van der Waals surface area contributed by atoms with Crippen LogP contribution in [0.25, 0.3) is 0 Å². The third-order valence-corrected chi connectivity index (χ3v) is 2.60. The van der Waals surface area contributed by atoms with Crippen LogP contribution in [-0.4, -0.2) is 6.04 Å². The van der Waals surface area contributed by atoms with E-state index in [1.807, 2.05) is 30.3 Å². The molecule has 3 heteroatoms. The Labute approximate surface area is 96.1 Å². The van der Waals surface area contributed by atoms with Gasteiger partial charge in [-0.2, -0.15) is 0 Å². The summed E-state index contributed by atoms with van der Waals surface area (Å²) in [5.74, 6) is 5.48. The summed E-state index contributed by atoms with van der Waals surface area (Å²) in [5.41, 5.74) is 4.06. The highest BCUT2D eigenvalue weighted by molar-refractivity contribution is 6.30. The van der Waals surface area contributed by atoms with Gasteiger partial charge in [-0.05, 0) is 37.0 Å². The van der Waals surface area contributed by atoms with Gasteiger partial charge in [0.05, 0.1) is 0 Å². The van der Waals surface area contributed by atoms with E-state index in [-0.39, 0.29) is 0 Å². The van der Waals surface area contributed by atoms with E-state index in [1.165, 1.54) is 5.56 Å². The minimum absolute atomic E-state index is 0.296. The maximum absolute atomic E-state index is 5.81. The lowest BCUT2D eigenvalue weighted by molar-refractivity contribution is 0.495. The van der Waals surface area contributed by atoms with E-state index in [9.17, 15) is 0 Å². The molecule has 82 valence electrons. The van der Waals surface area contributed by atoms with Gasteiger partial charge in [-0.1, -0.05) is 29.8 Å². The van der Waals surface area contributed by atoms with Crippen LogP contribution in [0.15, 0.2) is 36.9 Å². The number of hydrazine groups is 1. The topological polar surface area (TPSA) is 38.0 Å². The summed E-state index contributed by atoms with van der Waals surface area (Å²) in [6.45, 7) is 3.70. The van der Waals surface area contributed by atoms with E-state index in [0.717, 1.165) is 24.3 Å². The first kappa shape index (κ1) is 12.2. The lowest BCUT2D eigenvalue weighted by Gasteiger charge is -2.14. The fraction of sp³-hybridized carbons (Fsp3) is 0.333. The summed E-state index contributed by atoms with van der Waals surface area (Å²) in [6, 6.07) is 8.15. The largest absolute Gasteiger partial charge is 0.271 e. The molecule has 0 saturated heterocycles. The van der Waals surface area contributed by atoms with Crippen LogP contribution in [-0.2, 0) is 6.42 Å². The van der Waals surface area contributed by atoms with Gasteiger partial charge in [0.2, 0.25) is 0 Å². The molecule has 0 aliphatic carbocycles. The van der Waals surface area contributed by atoms with Crippen molar-refractivity contribution in [3.63, 3.8) is 0 Å². The zero-order valence-corrected chi connectivity index (χ0v) is 9.50. The Morgan fingerprint density at radius 1 is 1.40 bits per heavy atom. The number of rotatable bonds is 6. The minimum atomic E-state index is 0.296. The van der Waals surface area contributed by atoms with E-state index in [0.29, 0.717) is 6.04 Å². The maximum Gasteiger partial charge on any atom is 0.0406 e. The van der Waals surface area contributed by atoms with Crippen LogP contribution in [0, 0.1) is 0 Å². The smallest absolute Gasteiger partial charge is 0.0406 e. The number of benzene rings is 1. The predicted molar refractivity (Wildman–Crippen MR) is 65.7 cm³/mol. The second kappa shape index (κ2) is 6.62.